The lowest BCUT2D eigenvalue weighted by molar-refractivity contribution is -0.131. The van der Waals surface area contributed by atoms with Crippen LogP contribution in [0.2, 0.25) is 0 Å². The zero-order chi connectivity index (χ0) is 18.2. The molecule has 0 saturated carbocycles. The van der Waals surface area contributed by atoms with Gasteiger partial charge in [0.2, 0.25) is 17.7 Å². The molecule has 1 N–H and O–H groups in total. The van der Waals surface area contributed by atoms with Crippen LogP contribution in [0, 0.1) is 6.92 Å². The van der Waals surface area contributed by atoms with Crippen molar-refractivity contribution in [2.45, 2.75) is 26.3 Å². The van der Waals surface area contributed by atoms with Crippen molar-refractivity contribution >= 4 is 11.8 Å². The van der Waals surface area contributed by atoms with E-state index in [2.05, 4.69) is 15.3 Å². The van der Waals surface area contributed by atoms with Crippen LogP contribution in [0.15, 0.2) is 36.7 Å². The molecule has 132 valence electrons. The summed E-state index contributed by atoms with van der Waals surface area (Å²) in [5, 5.41) is 2.78. The third-order valence-electron chi connectivity index (χ3n) is 3.49. The van der Waals surface area contributed by atoms with E-state index in [4.69, 9.17) is 4.74 Å². The molecule has 0 aliphatic heterocycles. The van der Waals surface area contributed by atoms with Gasteiger partial charge in [0.25, 0.3) is 0 Å². The molecule has 0 bridgehead atoms. The maximum Gasteiger partial charge on any atom is 0.224 e. The van der Waals surface area contributed by atoms with Gasteiger partial charge >= 0.3 is 0 Å². The second kappa shape index (κ2) is 8.77. The number of amides is 2. The smallest absolute Gasteiger partial charge is 0.224 e. The maximum atomic E-state index is 11.9. The summed E-state index contributed by atoms with van der Waals surface area (Å²) in [4.78, 5) is 33.3. The average molecular weight is 342 g/mol. The summed E-state index contributed by atoms with van der Waals surface area (Å²) in [5.74, 6) is 0.723. The number of carbonyl (C=O) groups is 2. The Balaban J connectivity index is 1.93. The molecule has 2 amide bonds. The second-order valence-electron chi connectivity index (χ2n) is 5.77. The summed E-state index contributed by atoms with van der Waals surface area (Å²) >= 11 is 0. The number of rotatable bonds is 7. The van der Waals surface area contributed by atoms with Crippen molar-refractivity contribution in [2.24, 2.45) is 0 Å². The highest BCUT2D eigenvalue weighted by atomic mass is 16.5. The SMILES string of the molecule is Cc1ccc(Oc2ncccc2CNC(=O)CCC(=O)N(C)C)cn1. The van der Waals surface area contributed by atoms with Crippen LogP contribution in [-0.4, -0.2) is 40.8 Å². The highest BCUT2D eigenvalue weighted by molar-refractivity contribution is 5.83. The topological polar surface area (TPSA) is 84.4 Å². The van der Waals surface area contributed by atoms with E-state index in [0.717, 1.165) is 11.3 Å². The quantitative estimate of drug-likeness (QED) is 0.832. The summed E-state index contributed by atoms with van der Waals surface area (Å²) in [6.07, 6.45) is 3.58. The minimum absolute atomic E-state index is 0.0765. The van der Waals surface area contributed by atoms with E-state index < -0.39 is 0 Å². The number of hydrogen-bond acceptors (Lipinski definition) is 5. The Morgan fingerprint density at radius 1 is 1.16 bits per heavy atom. The third kappa shape index (κ3) is 5.87. The Labute approximate surface area is 147 Å². The molecule has 0 spiro atoms. The van der Waals surface area contributed by atoms with Gasteiger partial charge in [0.05, 0.1) is 6.20 Å². The summed E-state index contributed by atoms with van der Waals surface area (Å²) < 4.78 is 5.74. The van der Waals surface area contributed by atoms with Gasteiger partial charge < -0.3 is 15.0 Å². The highest BCUT2D eigenvalue weighted by Crippen LogP contribution is 2.22. The lowest BCUT2D eigenvalue weighted by Crippen LogP contribution is -2.27. The Morgan fingerprint density at radius 3 is 2.64 bits per heavy atom. The molecule has 2 aromatic heterocycles. The first kappa shape index (κ1) is 18.4. The van der Waals surface area contributed by atoms with Crippen LogP contribution < -0.4 is 10.1 Å². The first-order valence-electron chi connectivity index (χ1n) is 7.97. The first-order valence-corrected chi connectivity index (χ1v) is 7.97. The molecule has 2 heterocycles. The Kier molecular flexibility index (Phi) is 6.45. The molecule has 0 unspecified atom stereocenters. The van der Waals surface area contributed by atoms with E-state index >= 15 is 0 Å². The van der Waals surface area contributed by atoms with Gasteiger partial charge in [0.1, 0.15) is 5.75 Å². The Morgan fingerprint density at radius 2 is 1.96 bits per heavy atom. The molecule has 0 radical (unpaired) electrons. The van der Waals surface area contributed by atoms with Crippen LogP contribution in [0.4, 0.5) is 0 Å². The molecule has 25 heavy (non-hydrogen) atoms. The molecule has 0 aliphatic carbocycles. The molecule has 2 aromatic rings. The lowest BCUT2D eigenvalue weighted by Gasteiger charge is -2.12. The van der Waals surface area contributed by atoms with Gasteiger partial charge in [-0.1, -0.05) is 6.07 Å². The van der Waals surface area contributed by atoms with E-state index in [1.165, 1.54) is 4.90 Å². The maximum absolute atomic E-state index is 11.9. The van der Waals surface area contributed by atoms with Crippen molar-refractivity contribution in [3.8, 4) is 11.6 Å². The predicted molar refractivity (Wildman–Crippen MR) is 93.1 cm³/mol. The van der Waals surface area contributed by atoms with Crippen molar-refractivity contribution in [1.82, 2.24) is 20.2 Å². The molecular formula is C18H22N4O3. The Bertz CT molecular complexity index is 729. The minimum Gasteiger partial charge on any atom is -0.437 e. The van der Waals surface area contributed by atoms with Gasteiger partial charge in [0.15, 0.2) is 0 Å². The summed E-state index contributed by atoms with van der Waals surface area (Å²) in [6.45, 7) is 2.17. The number of carbonyl (C=O) groups excluding carboxylic acids is 2. The van der Waals surface area contributed by atoms with Crippen LogP contribution in [0.5, 0.6) is 11.6 Å². The fourth-order valence-electron chi connectivity index (χ4n) is 2.00. The number of pyridine rings is 2. The van der Waals surface area contributed by atoms with E-state index in [1.54, 1.807) is 32.6 Å². The zero-order valence-electron chi connectivity index (χ0n) is 14.7. The zero-order valence-corrected chi connectivity index (χ0v) is 14.7. The highest BCUT2D eigenvalue weighted by Gasteiger charge is 2.11. The summed E-state index contributed by atoms with van der Waals surface area (Å²) in [7, 11) is 3.33. The molecule has 7 heteroatoms. The van der Waals surface area contributed by atoms with Crippen molar-refractivity contribution in [3.05, 3.63) is 47.9 Å². The number of ether oxygens (including phenoxy) is 1. The molecule has 0 saturated heterocycles. The molecule has 0 atom stereocenters. The van der Waals surface area contributed by atoms with Crippen LogP contribution in [0.25, 0.3) is 0 Å². The minimum atomic E-state index is -0.193. The molecule has 2 rings (SSSR count). The fraction of sp³-hybridized carbons (Fsp3) is 0.333. The van der Waals surface area contributed by atoms with Crippen LogP contribution in [0.3, 0.4) is 0 Å². The van der Waals surface area contributed by atoms with E-state index in [-0.39, 0.29) is 31.2 Å². The van der Waals surface area contributed by atoms with E-state index in [0.29, 0.717) is 11.6 Å². The summed E-state index contributed by atoms with van der Waals surface area (Å²) in [5.41, 5.74) is 1.64. The van der Waals surface area contributed by atoms with E-state index in [1.807, 2.05) is 25.1 Å². The van der Waals surface area contributed by atoms with Gasteiger partial charge in [-0.15, -0.1) is 0 Å². The standard InChI is InChI=1S/C18H22N4O3/c1-13-6-7-15(12-20-13)25-18-14(5-4-10-19-18)11-21-16(23)8-9-17(24)22(2)3/h4-7,10,12H,8-9,11H2,1-3H3,(H,21,23). The number of hydrogen-bond donors (Lipinski definition) is 1. The number of aromatic nitrogens is 2. The van der Waals surface area contributed by atoms with Crippen molar-refractivity contribution in [3.63, 3.8) is 0 Å². The van der Waals surface area contributed by atoms with E-state index in [9.17, 15) is 9.59 Å². The van der Waals surface area contributed by atoms with Gasteiger partial charge in [0, 0.05) is 50.9 Å². The fourth-order valence-corrected chi connectivity index (χ4v) is 2.00. The van der Waals surface area contributed by atoms with Crippen molar-refractivity contribution in [1.29, 1.82) is 0 Å². The normalized spacial score (nSPS) is 10.2. The summed E-state index contributed by atoms with van der Waals surface area (Å²) in [6, 6.07) is 7.26. The molecule has 0 aliphatic rings. The van der Waals surface area contributed by atoms with Gasteiger partial charge in [-0.3, -0.25) is 14.6 Å². The number of nitrogens with one attached hydrogen (secondary N) is 1. The van der Waals surface area contributed by atoms with Crippen LogP contribution in [0.1, 0.15) is 24.1 Å². The predicted octanol–water partition coefficient (Wildman–Crippen LogP) is 2.06. The van der Waals surface area contributed by atoms with Gasteiger partial charge in [-0.25, -0.2) is 4.98 Å². The number of nitrogens with zero attached hydrogens (tertiary/aromatic N) is 3. The molecule has 0 aromatic carbocycles. The largest absolute Gasteiger partial charge is 0.437 e. The van der Waals surface area contributed by atoms with Crippen LogP contribution >= 0.6 is 0 Å². The average Bonchev–Trinajstić information content (AvgIpc) is 2.60. The van der Waals surface area contributed by atoms with Crippen LogP contribution in [-0.2, 0) is 16.1 Å². The molecular weight excluding hydrogens is 320 g/mol. The lowest BCUT2D eigenvalue weighted by atomic mass is 10.2. The second-order valence-corrected chi connectivity index (χ2v) is 5.77. The molecule has 7 nitrogen and oxygen atoms in total. The van der Waals surface area contributed by atoms with Gasteiger partial charge in [-0.05, 0) is 25.1 Å². The monoisotopic (exact) mass is 342 g/mol. The third-order valence-corrected chi connectivity index (χ3v) is 3.49. The first-order chi connectivity index (χ1) is 12.0. The van der Waals surface area contributed by atoms with Crippen molar-refractivity contribution in [2.75, 3.05) is 14.1 Å². The van der Waals surface area contributed by atoms with Crippen molar-refractivity contribution < 1.29 is 14.3 Å². The van der Waals surface area contributed by atoms with Gasteiger partial charge in [-0.2, -0.15) is 0 Å². The molecule has 0 fully saturated rings. The number of aryl methyl sites for hydroxylation is 1. The Hall–Kier alpha value is -2.96.